The first-order valence-electron chi connectivity index (χ1n) is 12.8. The summed E-state index contributed by atoms with van der Waals surface area (Å²) in [5.74, 6) is 1.99. The topological polar surface area (TPSA) is 18.5 Å². The quantitative estimate of drug-likeness (QED) is 0.304. The number of hydrogen-bond acceptors (Lipinski definition) is 2. The van der Waals surface area contributed by atoms with Gasteiger partial charge in [-0.15, -0.1) is 0 Å². The molecule has 176 valence electrons. The molecule has 0 amide bonds. The highest BCUT2D eigenvalue weighted by Crippen LogP contribution is 2.49. The van der Waals surface area contributed by atoms with Crippen molar-refractivity contribution in [3.05, 3.63) is 95.1 Å². The van der Waals surface area contributed by atoms with E-state index in [1.54, 1.807) is 0 Å². The van der Waals surface area contributed by atoms with Gasteiger partial charge < -0.3 is 9.47 Å². The van der Waals surface area contributed by atoms with Crippen LogP contribution in [-0.4, -0.2) is 12.2 Å². The lowest BCUT2D eigenvalue weighted by molar-refractivity contribution is 0.240. The zero-order valence-electron chi connectivity index (χ0n) is 21.0. The maximum absolute atomic E-state index is 6.51. The number of hydrogen-bond donors (Lipinski definition) is 0. The van der Waals surface area contributed by atoms with Crippen molar-refractivity contribution in [2.75, 3.05) is 0 Å². The minimum absolute atomic E-state index is 0.102. The van der Waals surface area contributed by atoms with Crippen molar-refractivity contribution >= 4 is 21.5 Å². The molecule has 0 atom stereocenters. The number of allylic oxidation sites excluding steroid dienone is 4. The van der Waals surface area contributed by atoms with Gasteiger partial charge in [0.05, 0.1) is 12.2 Å². The Morgan fingerprint density at radius 3 is 1.71 bits per heavy atom. The van der Waals surface area contributed by atoms with Crippen LogP contribution in [0.3, 0.4) is 0 Å². The van der Waals surface area contributed by atoms with Gasteiger partial charge in [-0.25, -0.2) is 0 Å². The maximum atomic E-state index is 6.51. The Morgan fingerprint density at radius 1 is 0.657 bits per heavy atom. The molecule has 0 aromatic heterocycles. The first-order chi connectivity index (χ1) is 17.0. The monoisotopic (exact) mass is 460 g/mol. The van der Waals surface area contributed by atoms with Crippen LogP contribution in [0.2, 0.25) is 0 Å². The van der Waals surface area contributed by atoms with Gasteiger partial charge in [0.25, 0.3) is 0 Å². The molecule has 2 aliphatic carbocycles. The van der Waals surface area contributed by atoms with E-state index in [1.165, 1.54) is 54.9 Å². The fourth-order valence-electron chi connectivity index (χ4n) is 5.74. The molecule has 0 saturated carbocycles. The van der Waals surface area contributed by atoms with Crippen LogP contribution < -0.4 is 9.47 Å². The molecule has 2 aliphatic rings. The van der Waals surface area contributed by atoms with E-state index in [-0.39, 0.29) is 12.2 Å². The molecule has 2 nitrogen and oxygen atoms in total. The number of rotatable bonds is 4. The van der Waals surface area contributed by atoms with Crippen molar-refractivity contribution in [1.29, 1.82) is 0 Å². The van der Waals surface area contributed by atoms with Crippen LogP contribution in [0.15, 0.2) is 84.0 Å². The lowest BCUT2D eigenvalue weighted by atomic mass is 9.80. The lowest BCUT2D eigenvalue weighted by Crippen LogP contribution is -2.13. The molecule has 4 aromatic rings. The fraction of sp³-hybridized carbons (Fsp3) is 0.273. The van der Waals surface area contributed by atoms with E-state index < -0.39 is 0 Å². The molecule has 0 aliphatic heterocycles. The molecule has 2 heteroatoms. The second-order valence-corrected chi connectivity index (χ2v) is 10.3. The van der Waals surface area contributed by atoms with E-state index in [2.05, 4.69) is 101 Å². The molecule has 0 spiro atoms. The van der Waals surface area contributed by atoms with Gasteiger partial charge in [-0.1, -0.05) is 66.3 Å². The maximum Gasteiger partial charge on any atom is 0.124 e. The Kier molecular flexibility index (Phi) is 5.40. The molecular weight excluding hydrogens is 428 g/mol. The Hall–Kier alpha value is -3.52. The predicted molar refractivity (Wildman–Crippen MR) is 147 cm³/mol. The molecule has 6 rings (SSSR count). The lowest BCUT2D eigenvalue weighted by Gasteiger charge is -2.27. The van der Waals surface area contributed by atoms with Crippen molar-refractivity contribution < 1.29 is 9.47 Å². The highest BCUT2D eigenvalue weighted by Gasteiger charge is 2.28. The van der Waals surface area contributed by atoms with Gasteiger partial charge in [0.1, 0.15) is 11.5 Å². The van der Waals surface area contributed by atoms with Crippen molar-refractivity contribution in [3.8, 4) is 22.6 Å². The zero-order valence-corrected chi connectivity index (χ0v) is 21.0. The van der Waals surface area contributed by atoms with Crippen molar-refractivity contribution in [1.82, 2.24) is 0 Å². The Labute approximate surface area is 207 Å². The summed E-state index contributed by atoms with van der Waals surface area (Å²) in [6.07, 6.45) is 7.64. The fourth-order valence-corrected chi connectivity index (χ4v) is 5.74. The average molecular weight is 461 g/mol. The molecule has 0 unspecified atom stereocenters. The molecule has 0 heterocycles. The molecule has 4 aromatic carbocycles. The third kappa shape index (κ3) is 3.82. The SMILES string of the molecule is CC(C)Oc1cc2ccccc2c2c1CC1=C(CC=C1)Cc1c(OC(C)C)cc3ccccc3c1-2. The van der Waals surface area contributed by atoms with E-state index >= 15 is 0 Å². The van der Waals surface area contributed by atoms with Crippen LogP contribution >= 0.6 is 0 Å². The molecular formula is C33H32O2. The van der Waals surface area contributed by atoms with E-state index in [9.17, 15) is 0 Å². The predicted octanol–water partition coefficient (Wildman–Crippen LogP) is 8.59. The third-order valence-corrected chi connectivity index (χ3v) is 7.10. The number of ether oxygens (including phenoxy) is 2. The third-order valence-electron chi connectivity index (χ3n) is 7.10. The Balaban J connectivity index is 1.81. The summed E-state index contributed by atoms with van der Waals surface area (Å²) in [5, 5.41) is 4.98. The summed E-state index contributed by atoms with van der Waals surface area (Å²) in [6.45, 7) is 8.46. The van der Waals surface area contributed by atoms with E-state index in [1.807, 2.05) is 0 Å². The largest absolute Gasteiger partial charge is 0.491 e. The molecule has 0 radical (unpaired) electrons. The van der Waals surface area contributed by atoms with Gasteiger partial charge in [0.15, 0.2) is 0 Å². The highest BCUT2D eigenvalue weighted by atomic mass is 16.5. The van der Waals surface area contributed by atoms with Gasteiger partial charge in [0, 0.05) is 17.5 Å². The van der Waals surface area contributed by atoms with Gasteiger partial charge in [-0.2, -0.15) is 0 Å². The first kappa shape index (κ1) is 22.0. The second kappa shape index (κ2) is 8.61. The summed E-state index contributed by atoms with van der Waals surface area (Å²) >= 11 is 0. The highest BCUT2D eigenvalue weighted by molar-refractivity contribution is 6.10. The van der Waals surface area contributed by atoms with Crippen LogP contribution in [0.25, 0.3) is 32.7 Å². The molecule has 0 bridgehead atoms. The molecule has 0 fully saturated rings. The van der Waals surface area contributed by atoms with Crippen LogP contribution in [0.4, 0.5) is 0 Å². The number of benzene rings is 4. The second-order valence-electron chi connectivity index (χ2n) is 10.3. The van der Waals surface area contributed by atoms with Gasteiger partial charge in [-0.3, -0.25) is 0 Å². The molecule has 35 heavy (non-hydrogen) atoms. The summed E-state index contributed by atoms with van der Waals surface area (Å²) in [5.41, 5.74) is 8.09. The summed E-state index contributed by atoms with van der Waals surface area (Å²) in [7, 11) is 0. The Morgan fingerprint density at radius 2 is 1.17 bits per heavy atom. The van der Waals surface area contributed by atoms with Crippen LogP contribution in [0.5, 0.6) is 11.5 Å². The van der Waals surface area contributed by atoms with Gasteiger partial charge in [0.2, 0.25) is 0 Å². The minimum Gasteiger partial charge on any atom is -0.491 e. The van der Waals surface area contributed by atoms with E-state index in [0.29, 0.717) is 0 Å². The zero-order chi connectivity index (χ0) is 24.1. The van der Waals surface area contributed by atoms with Crippen LogP contribution in [-0.2, 0) is 12.8 Å². The summed E-state index contributed by atoms with van der Waals surface area (Å²) in [6, 6.07) is 22.0. The van der Waals surface area contributed by atoms with Crippen LogP contribution in [0, 0.1) is 0 Å². The number of fused-ring (bicyclic) bond motifs is 7. The van der Waals surface area contributed by atoms with Crippen molar-refractivity contribution in [3.63, 3.8) is 0 Å². The van der Waals surface area contributed by atoms with Crippen molar-refractivity contribution in [2.45, 2.75) is 59.2 Å². The standard InChI is InChI=1S/C33H32O2/c1-20(2)34-30-18-24-10-5-7-14-26(24)32-28(30)16-22-12-9-13-23(22)17-29-31(35-21(3)4)19-25-11-6-8-15-27(25)33(29)32/h5-12,14-15,18-21H,13,16-17H2,1-4H3. The minimum atomic E-state index is 0.102. The average Bonchev–Trinajstić information content (AvgIpc) is 3.24. The normalized spacial score (nSPS) is 14.8. The summed E-state index contributed by atoms with van der Waals surface area (Å²) < 4.78 is 13.0. The van der Waals surface area contributed by atoms with E-state index in [0.717, 1.165) is 30.8 Å². The summed E-state index contributed by atoms with van der Waals surface area (Å²) in [4.78, 5) is 0. The van der Waals surface area contributed by atoms with Crippen molar-refractivity contribution in [2.24, 2.45) is 0 Å². The Bertz CT molecular complexity index is 1520. The van der Waals surface area contributed by atoms with Gasteiger partial charge >= 0.3 is 0 Å². The molecule has 0 saturated heterocycles. The van der Waals surface area contributed by atoms with Gasteiger partial charge in [-0.05, 0) is 90.9 Å². The van der Waals surface area contributed by atoms with E-state index in [4.69, 9.17) is 9.47 Å². The first-order valence-corrected chi connectivity index (χ1v) is 12.8. The smallest absolute Gasteiger partial charge is 0.124 e. The molecule has 0 N–H and O–H groups in total. The van der Waals surface area contributed by atoms with Crippen LogP contribution in [0.1, 0.15) is 45.2 Å².